The number of benzene rings is 1. The first-order valence-corrected chi connectivity index (χ1v) is 7.51. The molecular formula is C16H18O10. The zero-order valence-electron chi connectivity index (χ0n) is 13.5. The molecule has 1 aromatic carbocycles. The predicted molar refractivity (Wildman–Crippen MR) is 84.3 cm³/mol. The Balaban J connectivity index is 3.20. The minimum absolute atomic E-state index is 0.261. The second-order valence-corrected chi connectivity index (χ2v) is 5.39. The lowest BCUT2D eigenvalue weighted by Crippen LogP contribution is -2.28. The van der Waals surface area contributed by atoms with E-state index >= 15 is 0 Å². The molecular weight excluding hydrogens is 352 g/mol. The lowest BCUT2D eigenvalue weighted by molar-refractivity contribution is -0.146. The van der Waals surface area contributed by atoms with Crippen LogP contribution < -0.4 is 4.74 Å². The summed E-state index contributed by atoms with van der Waals surface area (Å²) in [5, 5.41) is 45.9. The Bertz CT molecular complexity index is 696. The number of hydrogen-bond donors (Lipinski definition) is 5. The molecule has 0 saturated carbocycles. The summed E-state index contributed by atoms with van der Waals surface area (Å²) in [5.74, 6) is -7.56. The van der Waals surface area contributed by atoms with Crippen LogP contribution in [0.1, 0.15) is 37.2 Å². The predicted octanol–water partition coefficient (Wildman–Crippen LogP) is 1.12. The van der Waals surface area contributed by atoms with Crippen molar-refractivity contribution in [2.24, 2.45) is 0 Å². The van der Waals surface area contributed by atoms with E-state index in [-0.39, 0.29) is 24.2 Å². The molecule has 0 radical (unpaired) electrons. The minimum Gasteiger partial charge on any atom is -0.508 e. The first-order chi connectivity index (χ1) is 12.1. The summed E-state index contributed by atoms with van der Waals surface area (Å²) in [7, 11) is 0. The Morgan fingerprint density at radius 2 is 1.46 bits per heavy atom. The average Bonchev–Trinajstić information content (AvgIpc) is 2.52. The molecule has 0 aliphatic rings. The van der Waals surface area contributed by atoms with E-state index in [1.807, 2.05) is 0 Å². The van der Waals surface area contributed by atoms with Crippen LogP contribution in [-0.4, -0.2) is 55.5 Å². The van der Waals surface area contributed by atoms with Crippen molar-refractivity contribution < 1.29 is 49.4 Å². The first kappa shape index (κ1) is 20.7. The van der Waals surface area contributed by atoms with Gasteiger partial charge in [0.1, 0.15) is 11.5 Å². The highest BCUT2D eigenvalue weighted by Gasteiger charge is 2.30. The number of carboxylic acids is 4. The van der Waals surface area contributed by atoms with Crippen LogP contribution in [0.3, 0.4) is 0 Å². The Morgan fingerprint density at radius 3 is 1.96 bits per heavy atom. The van der Waals surface area contributed by atoms with Gasteiger partial charge in [0.05, 0.1) is 11.5 Å². The van der Waals surface area contributed by atoms with E-state index in [0.29, 0.717) is 0 Å². The molecule has 0 aromatic heterocycles. The number of phenols is 1. The third-order valence-corrected chi connectivity index (χ3v) is 3.50. The van der Waals surface area contributed by atoms with E-state index in [1.165, 1.54) is 12.1 Å². The van der Waals surface area contributed by atoms with E-state index in [0.717, 1.165) is 6.07 Å². The average molecular weight is 370 g/mol. The van der Waals surface area contributed by atoms with Crippen LogP contribution in [0.2, 0.25) is 0 Å². The van der Waals surface area contributed by atoms with E-state index in [1.54, 1.807) is 0 Å². The normalized spacial score (nSPS) is 12.8. The summed E-state index contributed by atoms with van der Waals surface area (Å²) in [4.78, 5) is 44.1. The summed E-state index contributed by atoms with van der Waals surface area (Å²) >= 11 is 0. The van der Waals surface area contributed by atoms with Gasteiger partial charge in [0, 0.05) is 19.3 Å². The molecule has 0 heterocycles. The maximum atomic E-state index is 11.5. The molecule has 0 saturated heterocycles. The molecule has 0 amide bonds. The smallest absolute Gasteiger partial charge is 0.344 e. The van der Waals surface area contributed by atoms with Crippen molar-refractivity contribution in [2.45, 2.75) is 37.7 Å². The van der Waals surface area contributed by atoms with E-state index in [9.17, 15) is 29.4 Å². The van der Waals surface area contributed by atoms with Crippen molar-refractivity contribution in [3.05, 3.63) is 23.8 Å². The van der Waals surface area contributed by atoms with Crippen LogP contribution in [0.4, 0.5) is 0 Å². The number of carboxylic acid groups (broad SMARTS) is 4. The standard InChI is InChI=1S/C16H18O10/c17-9-2-1-3-10(26-11(16(24)25)5-7-13(20)21)14(9)8(15(22)23)4-6-12(18)19/h1-3,8,11,17H,4-7H2,(H,18,19)(H,20,21)(H,22,23)(H,24,25). The summed E-state index contributed by atoms with van der Waals surface area (Å²) in [5.41, 5.74) is -0.261. The second-order valence-electron chi connectivity index (χ2n) is 5.39. The first-order valence-electron chi connectivity index (χ1n) is 7.51. The van der Waals surface area contributed by atoms with Gasteiger partial charge in [-0.1, -0.05) is 6.07 Å². The van der Waals surface area contributed by atoms with E-state index < -0.39 is 54.5 Å². The highest BCUT2D eigenvalue weighted by molar-refractivity contribution is 5.80. The Morgan fingerprint density at radius 1 is 0.885 bits per heavy atom. The van der Waals surface area contributed by atoms with Crippen LogP contribution in [0.15, 0.2) is 18.2 Å². The zero-order chi connectivity index (χ0) is 19.9. The molecule has 1 aromatic rings. The number of carbonyl (C=O) groups is 4. The molecule has 5 N–H and O–H groups in total. The quantitative estimate of drug-likeness (QED) is 0.379. The maximum absolute atomic E-state index is 11.5. The highest BCUT2D eigenvalue weighted by Crippen LogP contribution is 2.38. The largest absolute Gasteiger partial charge is 0.508 e. The van der Waals surface area contributed by atoms with Crippen molar-refractivity contribution in [3.63, 3.8) is 0 Å². The van der Waals surface area contributed by atoms with Crippen molar-refractivity contribution in [2.75, 3.05) is 0 Å². The van der Waals surface area contributed by atoms with Crippen molar-refractivity contribution in [1.29, 1.82) is 0 Å². The van der Waals surface area contributed by atoms with Gasteiger partial charge in [-0.05, 0) is 18.6 Å². The van der Waals surface area contributed by atoms with Gasteiger partial charge in [-0.3, -0.25) is 14.4 Å². The van der Waals surface area contributed by atoms with Crippen molar-refractivity contribution >= 4 is 23.9 Å². The van der Waals surface area contributed by atoms with E-state index in [4.69, 9.17) is 20.1 Å². The minimum atomic E-state index is -1.58. The number of hydrogen-bond acceptors (Lipinski definition) is 6. The molecule has 10 heteroatoms. The maximum Gasteiger partial charge on any atom is 0.344 e. The molecule has 1 rings (SSSR count). The van der Waals surface area contributed by atoms with Crippen LogP contribution >= 0.6 is 0 Å². The molecule has 142 valence electrons. The molecule has 0 spiro atoms. The molecule has 0 aliphatic heterocycles. The second kappa shape index (κ2) is 9.25. The summed E-state index contributed by atoms with van der Waals surface area (Å²) in [6.07, 6.45) is -3.31. The monoisotopic (exact) mass is 370 g/mol. The van der Waals surface area contributed by atoms with Crippen LogP contribution in [0.25, 0.3) is 0 Å². The number of aromatic hydroxyl groups is 1. The van der Waals surface area contributed by atoms with Gasteiger partial charge in [0.15, 0.2) is 6.10 Å². The van der Waals surface area contributed by atoms with Gasteiger partial charge in [-0.2, -0.15) is 0 Å². The van der Waals surface area contributed by atoms with Crippen LogP contribution in [-0.2, 0) is 19.2 Å². The molecule has 0 fully saturated rings. The SMILES string of the molecule is O=C(O)CCC(Oc1cccc(O)c1C(CCC(=O)O)C(=O)O)C(=O)O. The Hall–Kier alpha value is -3.30. The molecule has 26 heavy (non-hydrogen) atoms. The zero-order valence-corrected chi connectivity index (χ0v) is 13.5. The Kier molecular flexibility index (Phi) is 7.38. The Labute approximate surface area is 147 Å². The number of rotatable bonds is 11. The van der Waals surface area contributed by atoms with Crippen molar-refractivity contribution in [1.82, 2.24) is 0 Å². The topological polar surface area (TPSA) is 179 Å². The van der Waals surface area contributed by atoms with Crippen LogP contribution in [0, 0.1) is 0 Å². The lowest BCUT2D eigenvalue weighted by atomic mass is 9.92. The van der Waals surface area contributed by atoms with Crippen LogP contribution in [0.5, 0.6) is 11.5 Å². The number of ether oxygens (including phenoxy) is 1. The van der Waals surface area contributed by atoms with E-state index in [2.05, 4.69) is 0 Å². The van der Waals surface area contributed by atoms with Gasteiger partial charge in [0.25, 0.3) is 0 Å². The summed E-state index contributed by atoms with van der Waals surface area (Å²) in [6, 6.07) is 3.68. The fraction of sp³-hybridized carbons (Fsp3) is 0.375. The van der Waals surface area contributed by atoms with Crippen molar-refractivity contribution in [3.8, 4) is 11.5 Å². The molecule has 2 unspecified atom stereocenters. The lowest BCUT2D eigenvalue weighted by Gasteiger charge is -2.21. The van der Waals surface area contributed by atoms with Gasteiger partial charge >= 0.3 is 23.9 Å². The fourth-order valence-electron chi connectivity index (χ4n) is 2.29. The molecule has 0 bridgehead atoms. The number of aliphatic carboxylic acids is 4. The highest BCUT2D eigenvalue weighted by atomic mass is 16.5. The third kappa shape index (κ3) is 5.96. The number of phenolic OH excluding ortho intramolecular Hbond substituents is 1. The van der Waals surface area contributed by atoms with Gasteiger partial charge in [-0.25, -0.2) is 4.79 Å². The summed E-state index contributed by atoms with van der Waals surface area (Å²) < 4.78 is 5.24. The fourth-order valence-corrected chi connectivity index (χ4v) is 2.29. The van der Waals surface area contributed by atoms with Gasteiger partial charge in [0.2, 0.25) is 0 Å². The molecule has 10 nitrogen and oxygen atoms in total. The molecule has 0 aliphatic carbocycles. The van der Waals surface area contributed by atoms with Gasteiger partial charge < -0.3 is 30.3 Å². The summed E-state index contributed by atoms with van der Waals surface area (Å²) in [6.45, 7) is 0. The molecule has 2 atom stereocenters. The third-order valence-electron chi connectivity index (χ3n) is 3.50. The van der Waals surface area contributed by atoms with Gasteiger partial charge in [-0.15, -0.1) is 0 Å².